The van der Waals surface area contributed by atoms with Crippen molar-refractivity contribution >= 4 is 11.6 Å². The molecule has 0 saturated carbocycles. The molecule has 4 heteroatoms. The van der Waals surface area contributed by atoms with Crippen LogP contribution in [-0.4, -0.2) is 12.5 Å². The Hall–Kier alpha value is -2.20. The predicted octanol–water partition coefficient (Wildman–Crippen LogP) is 3.12. The van der Waals surface area contributed by atoms with Crippen LogP contribution in [0.4, 0.5) is 10.1 Å². The number of rotatable bonds is 5. The van der Waals surface area contributed by atoms with Crippen molar-refractivity contribution in [1.29, 1.82) is 0 Å². The minimum Gasteiger partial charge on any atom is -0.325 e. The van der Waals surface area contributed by atoms with E-state index in [4.69, 9.17) is 0 Å². The zero-order valence-electron chi connectivity index (χ0n) is 11.3. The van der Waals surface area contributed by atoms with Gasteiger partial charge >= 0.3 is 0 Å². The Labute approximate surface area is 117 Å². The molecule has 2 rings (SSSR count). The summed E-state index contributed by atoms with van der Waals surface area (Å²) < 4.78 is 13.0. The van der Waals surface area contributed by atoms with Crippen molar-refractivity contribution in [2.75, 3.05) is 11.9 Å². The van der Waals surface area contributed by atoms with Crippen LogP contribution in [0.1, 0.15) is 18.5 Å². The fourth-order valence-electron chi connectivity index (χ4n) is 1.88. The zero-order chi connectivity index (χ0) is 14.4. The van der Waals surface area contributed by atoms with Crippen molar-refractivity contribution in [3.8, 4) is 0 Å². The van der Waals surface area contributed by atoms with Gasteiger partial charge in [-0.15, -0.1) is 0 Å². The second-order valence-corrected chi connectivity index (χ2v) is 4.57. The largest absolute Gasteiger partial charge is 0.325 e. The number of benzene rings is 2. The summed E-state index contributed by atoms with van der Waals surface area (Å²) in [6.07, 6.45) is 0. The first-order chi connectivity index (χ1) is 9.65. The molecule has 2 aromatic rings. The lowest BCUT2D eigenvalue weighted by Crippen LogP contribution is -2.30. The third-order valence-corrected chi connectivity index (χ3v) is 2.98. The summed E-state index contributed by atoms with van der Waals surface area (Å²) in [6.45, 7) is 2.16. The number of nitrogens with one attached hydrogen (secondary N) is 2. The third kappa shape index (κ3) is 4.17. The number of carbonyl (C=O) groups excluding carboxylic acids is 1. The molecule has 0 bridgehead atoms. The highest BCUT2D eigenvalue weighted by atomic mass is 19.1. The van der Waals surface area contributed by atoms with Gasteiger partial charge in [-0.3, -0.25) is 4.79 Å². The fraction of sp³-hybridized carbons (Fsp3) is 0.188. The number of amides is 1. The van der Waals surface area contributed by atoms with E-state index in [-0.39, 0.29) is 24.3 Å². The van der Waals surface area contributed by atoms with Crippen molar-refractivity contribution in [3.05, 3.63) is 66.0 Å². The quantitative estimate of drug-likeness (QED) is 0.878. The van der Waals surface area contributed by atoms with E-state index in [0.717, 1.165) is 5.56 Å². The Morgan fingerprint density at radius 2 is 1.90 bits per heavy atom. The van der Waals surface area contributed by atoms with Crippen LogP contribution < -0.4 is 10.6 Å². The first kappa shape index (κ1) is 14.2. The molecule has 0 aromatic heterocycles. The lowest BCUT2D eigenvalue weighted by molar-refractivity contribution is -0.115. The Bertz CT molecular complexity index is 572. The summed E-state index contributed by atoms with van der Waals surface area (Å²) in [7, 11) is 0. The van der Waals surface area contributed by atoms with Crippen LogP contribution in [0, 0.1) is 5.82 Å². The minimum atomic E-state index is -0.367. The molecule has 0 aliphatic rings. The molecule has 0 radical (unpaired) electrons. The molecule has 0 spiro atoms. The van der Waals surface area contributed by atoms with Gasteiger partial charge in [-0.05, 0) is 30.7 Å². The highest BCUT2D eigenvalue weighted by Gasteiger charge is 2.07. The minimum absolute atomic E-state index is 0.0782. The molecule has 0 aliphatic carbocycles. The maximum atomic E-state index is 13.0. The molecule has 2 N–H and O–H groups in total. The molecular formula is C16H17FN2O. The summed E-state index contributed by atoms with van der Waals surface area (Å²) in [6, 6.07) is 15.8. The molecular weight excluding hydrogens is 255 g/mol. The van der Waals surface area contributed by atoms with Crippen LogP contribution in [0.3, 0.4) is 0 Å². The van der Waals surface area contributed by atoms with Crippen molar-refractivity contribution in [2.24, 2.45) is 0 Å². The number of hydrogen-bond acceptors (Lipinski definition) is 2. The fourth-order valence-corrected chi connectivity index (χ4v) is 1.88. The highest BCUT2D eigenvalue weighted by Crippen LogP contribution is 2.11. The van der Waals surface area contributed by atoms with E-state index >= 15 is 0 Å². The maximum Gasteiger partial charge on any atom is 0.238 e. The van der Waals surface area contributed by atoms with E-state index < -0.39 is 0 Å². The van der Waals surface area contributed by atoms with Gasteiger partial charge in [0.25, 0.3) is 0 Å². The molecule has 0 fully saturated rings. The second kappa shape index (κ2) is 6.82. The van der Waals surface area contributed by atoms with Crippen molar-refractivity contribution < 1.29 is 9.18 Å². The Kier molecular flexibility index (Phi) is 4.85. The number of hydrogen-bond donors (Lipinski definition) is 2. The second-order valence-electron chi connectivity index (χ2n) is 4.57. The van der Waals surface area contributed by atoms with Gasteiger partial charge < -0.3 is 10.6 Å². The normalized spacial score (nSPS) is 11.9. The van der Waals surface area contributed by atoms with Crippen molar-refractivity contribution in [2.45, 2.75) is 13.0 Å². The molecule has 20 heavy (non-hydrogen) atoms. The Balaban J connectivity index is 1.83. The van der Waals surface area contributed by atoms with Gasteiger partial charge in [-0.2, -0.15) is 0 Å². The number of anilines is 1. The van der Waals surface area contributed by atoms with Crippen LogP contribution in [0.5, 0.6) is 0 Å². The topological polar surface area (TPSA) is 41.1 Å². The molecule has 0 heterocycles. The van der Waals surface area contributed by atoms with E-state index in [0.29, 0.717) is 5.69 Å². The predicted molar refractivity (Wildman–Crippen MR) is 77.9 cm³/mol. The average Bonchev–Trinajstić information content (AvgIpc) is 2.46. The first-order valence-corrected chi connectivity index (χ1v) is 6.49. The van der Waals surface area contributed by atoms with Crippen LogP contribution in [0.2, 0.25) is 0 Å². The third-order valence-electron chi connectivity index (χ3n) is 2.98. The number of halogens is 1. The van der Waals surface area contributed by atoms with Crippen molar-refractivity contribution in [1.82, 2.24) is 5.32 Å². The van der Waals surface area contributed by atoms with Gasteiger partial charge in [-0.25, -0.2) is 4.39 Å². The summed E-state index contributed by atoms with van der Waals surface area (Å²) in [4.78, 5) is 11.8. The summed E-state index contributed by atoms with van der Waals surface area (Å²) in [5, 5.41) is 5.78. The zero-order valence-corrected chi connectivity index (χ0v) is 11.3. The first-order valence-electron chi connectivity index (χ1n) is 6.49. The molecule has 104 valence electrons. The smallest absolute Gasteiger partial charge is 0.238 e. The van der Waals surface area contributed by atoms with Crippen LogP contribution in [0.15, 0.2) is 54.6 Å². The summed E-state index contributed by atoms with van der Waals surface area (Å²) in [5.41, 5.74) is 1.58. The Morgan fingerprint density at radius 3 is 2.60 bits per heavy atom. The van der Waals surface area contributed by atoms with Gasteiger partial charge in [0.1, 0.15) is 5.82 Å². The molecule has 1 unspecified atom stereocenters. The van der Waals surface area contributed by atoms with E-state index in [9.17, 15) is 9.18 Å². The summed E-state index contributed by atoms with van der Waals surface area (Å²) in [5.74, 6) is -0.563. The van der Waals surface area contributed by atoms with E-state index in [1.165, 1.54) is 12.1 Å². The molecule has 1 atom stereocenters. The van der Waals surface area contributed by atoms with E-state index in [1.807, 2.05) is 37.3 Å². The molecule has 2 aromatic carbocycles. The Morgan fingerprint density at radius 1 is 1.15 bits per heavy atom. The van der Waals surface area contributed by atoms with Crippen molar-refractivity contribution in [3.63, 3.8) is 0 Å². The molecule has 3 nitrogen and oxygen atoms in total. The number of carbonyl (C=O) groups is 1. The SMILES string of the molecule is CC(NCC(=O)Nc1cccc(F)c1)c1ccccc1. The van der Waals surface area contributed by atoms with Gasteiger partial charge in [0, 0.05) is 11.7 Å². The highest BCUT2D eigenvalue weighted by molar-refractivity contribution is 5.92. The van der Waals surface area contributed by atoms with Gasteiger partial charge in [-0.1, -0.05) is 36.4 Å². The molecule has 0 saturated heterocycles. The van der Waals surface area contributed by atoms with Crippen LogP contribution >= 0.6 is 0 Å². The van der Waals surface area contributed by atoms with E-state index in [2.05, 4.69) is 10.6 Å². The lowest BCUT2D eigenvalue weighted by atomic mass is 10.1. The van der Waals surface area contributed by atoms with Crippen LogP contribution in [-0.2, 0) is 4.79 Å². The maximum absolute atomic E-state index is 13.0. The average molecular weight is 272 g/mol. The monoisotopic (exact) mass is 272 g/mol. The summed E-state index contributed by atoms with van der Waals surface area (Å²) >= 11 is 0. The van der Waals surface area contributed by atoms with Gasteiger partial charge in [0.05, 0.1) is 6.54 Å². The van der Waals surface area contributed by atoms with Gasteiger partial charge in [0.2, 0.25) is 5.91 Å². The van der Waals surface area contributed by atoms with Gasteiger partial charge in [0.15, 0.2) is 0 Å². The standard InChI is InChI=1S/C16H17FN2O/c1-12(13-6-3-2-4-7-13)18-11-16(20)19-15-9-5-8-14(17)10-15/h2-10,12,18H,11H2,1H3,(H,19,20). The molecule has 1 amide bonds. The molecule has 0 aliphatic heterocycles. The van der Waals surface area contributed by atoms with Crippen LogP contribution in [0.25, 0.3) is 0 Å². The lowest BCUT2D eigenvalue weighted by Gasteiger charge is -2.14. The van der Waals surface area contributed by atoms with E-state index in [1.54, 1.807) is 12.1 Å².